The van der Waals surface area contributed by atoms with Crippen molar-refractivity contribution in [1.29, 1.82) is 0 Å². The Labute approximate surface area is 206 Å². The first-order valence-electron chi connectivity index (χ1n) is 12.0. The third kappa shape index (κ3) is 7.29. The molecule has 0 heterocycles. The number of alkyl carbamates (subject to hydrolysis) is 1. The highest BCUT2D eigenvalue weighted by atomic mass is 16.5. The quantitative estimate of drug-likeness (QED) is 0.429. The molecule has 3 rings (SSSR count). The zero-order valence-corrected chi connectivity index (χ0v) is 20.6. The van der Waals surface area contributed by atoms with Gasteiger partial charge in [0.15, 0.2) is 0 Å². The molecule has 0 aliphatic heterocycles. The van der Waals surface area contributed by atoms with E-state index in [1.807, 2.05) is 50.2 Å². The highest BCUT2D eigenvalue weighted by Gasteiger charge is 2.29. The summed E-state index contributed by atoms with van der Waals surface area (Å²) in [5.74, 6) is -1.21. The zero-order chi connectivity index (χ0) is 25.4. The number of benzene rings is 2. The highest BCUT2D eigenvalue weighted by Crippen LogP contribution is 2.44. The van der Waals surface area contributed by atoms with Gasteiger partial charge in [-0.05, 0) is 61.7 Å². The average Bonchev–Trinajstić information content (AvgIpc) is 3.16. The van der Waals surface area contributed by atoms with Crippen LogP contribution in [0.2, 0.25) is 0 Å². The Bertz CT molecular complexity index is 993. The lowest BCUT2D eigenvalue weighted by molar-refractivity contribution is -0.137. The standard InChI is InChI=1S/C27H35N3O5/c1-18(12-13-25(31)32)16-28-26(33)24(14-15-30(2)3)29-27(34)35-17-23-21-10-6-4-8-19(21)20-9-5-7-11-22(20)23/h4-11,18,23-24H,12-17H2,1-3H3,(H,28,33)(H,29,34)(H,31,32). The van der Waals surface area contributed by atoms with Gasteiger partial charge < -0.3 is 25.4 Å². The van der Waals surface area contributed by atoms with Gasteiger partial charge in [-0.15, -0.1) is 0 Å². The second kappa shape index (κ2) is 12.4. The second-order valence-corrected chi connectivity index (χ2v) is 9.40. The molecule has 0 bridgehead atoms. The number of hydrogen-bond acceptors (Lipinski definition) is 5. The van der Waals surface area contributed by atoms with Gasteiger partial charge in [0.25, 0.3) is 0 Å². The number of carbonyl (C=O) groups excluding carboxylic acids is 2. The van der Waals surface area contributed by atoms with Gasteiger partial charge in [-0.3, -0.25) is 9.59 Å². The number of rotatable bonds is 12. The molecular formula is C27H35N3O5. The number of nitrogens with one attached hydrogen (secondary N) is 2. The van der Waals surface area contributed by atoms with Crippen LogP contribution >= 0.6 is 0 Å². The Morgan fingerprint density at radius 1 is 1.00 bits per heavy atom. The maximum absolute atomic E-state index is 12.8. The number of carboxylic acid groups (broad SMARTS) is 1. The molecule has 0 aromatic heterocycles. The maximum Gasteiger partial charge on any atom is 0.407 e. The van der Waals surface area contributed by atoms with E-state index in [9.17, 15) is 14.4 Å². The maximum atomic E-state index is 12.8. The van der Waals surface area contributed by atoms with E-state index in [-0.39, 0.29) is 30.8 Å². The van der Waals surface area contributed by atoms with E-state index in [1.165, 1.54) is 0 Å². The average molecular weight is 482 g/mol. The Hall–Kier alpha value is -3.39. The minimum atomic E-state index is -0.857. The van der Waals surface area contributed by atoms with E-state index in [2.05, 4.69) is 34.9 Å². The van der Waals surface area contributed by atoms with E-state index in [0.717, 1.165) is 22.3 Å². The van der Waals surface area contributed by atoms with Crippen LogP contribution in [0.25, 0.3) is 11.1 Å². The summed E-state index contributed by atoms with van der Waals surface area (Å²) in [7, 11) is 3.80. The van der Waals surface area contributed by atoms with Crippen molar-refractivity contribution in [2.24, 2.45) is 5.92 Å². The molecular weight excluding hydrogens is 446 g/mol. The summed E-state index contributed by atoms with van der Waals surface area (Å²) in [6.45, 7) is 3.01. The van der Waals surface area contributed by atoms with Gasteiger partial charge in [-0.2, -0.15) is 0 Å². The monoisotopic (exact) mass is 481 g/mol. The Kier molecular flexibility index (Phi) is 9.25. The lowest BCUT2D eigenvalue weighted by Crippen LogP contribution is -2.49. The largest absolute Gasteiger partial charge is 0.481 e. The van der Waals surface area contributed by atoms with Gasteiger partial charge in [0, 0.05) is 18.9 Å². The number of carboxylic acids is 1. The molecule has 0 spiro atoms. The van der Waals surface area contributed by atoms with Crippen molar-refractivity contribution in [3.05, 3.63) is 59.7 Å². The van der Waals surface area contributed by atoms with Crippen LogP contribution in [0.3, 0.4) is 0 Å². The summed E-state index contributed by atoms with van der Waals surface area (Å²) < 4.78 is 5.61. The molecule has 35 heavy (non-hydrogen) atoms. The fourth-order valence-electron chi connectivity index (χ4n) is 4.31. The normalized spacial score (nSPS) is 14.1. The summed E-state index contributed by atoms with van der Waals surface area (Å²) in [5, 5.41) is 14.4. The van der Waals surface area contributed by atoms with Crippen LogP contribution in [-0.2, 0) is 14.3 Å². The van der Waals surface area contributed by atoms with E-state index < -0.39 is 18.1 Å². The molecule has 8 heteroatoms. The van der Waals surface area contributed by atoms with Crippen molar-refractivity contribution in [3.8, 4) is 11.1 Å². The Morgan fingerprint density at radius 3 is 2.17 bits per heavy atom. The lowest BCUT2D eigenvalue weighted by Gasteiger charge is -2.22. The van der Waals surface area contributed by atoms with Crippen LogP contribution in [0.15, 0.2) is 48.5 Å². The third-order valence-electron chi connectivity index (χ3n) is 6.29. The van der Waals surface area contributed by atoms with Crippen LogP contribution in [0.1, 0.15) is 43.2 Å². The molecule has 2 aromatic carbocycles. The summed E-state index contributed by atoms with van der Waals surface area (Å²) in [4.78, 5) is 38.2. The van der Waals surface area contributed by atoms with E-state index in [4.69, 9.17) is 9.84 Å². The van der Waals surface area contributed by atoms with Gasteiger partial charge in [0.2, 0.25) is 5.91 Å². The molecule has 0 saturated heterocycles. The lowest BCUT2D eigenvalue weighted by atomic mass is 9.98. The number of ether oxygens (including phenoxy) is 1. The molecule has 1 aliphatic carbocycles. The first kappa shape index (κ1) is 26.2. The third-order valence-corrected chi connectivity index (χ3v) is 6.29. The zero-order valence-electron chi connectivity index (χ0n) is 20.6. The minimum absolute atomic E-state index is 0.0130. The summed E-state index contributed by atoms with van der Waals surface area (Å²) in [6, 6.07) is 15.5. The molecule has 2 unspecified atom stereocenters. The van der Waals surface area contributed by atoms with Crippen LogP contribution in [0, 0.1) is 5.92 Å². The van der Waals surface area contributed by atoms with Gasteiger partial charge in [0.05, 0.1) is 0 Å². The molecule has 2 amide bonds. The summed E-state index contributed by atoms with van der Waals surface area (Å²) in [5.41, 5.74) is 4.55. The molecule has 0 radical (unpaired) electrons. The van der Waals surface area contributed by atoms with Crippen LogP contribution < -0.4 is 10.6 Å². The smallest absolute Gasteiger partial charge is 0.407 e. The number of amides is 2. The van der Waals surface area contributed by atoms with Crippen molar-refractivity contribution in [2.75, 3.05) is 33.8 Å². The topological polar surface area (TPSA) is 108 Å². The van der Waals surface area contributed by atoms with Crippen molar-refractivity contribution in [3.63, 3.8) is 0 Å². The van der Waals surface area contributed by atoms with Crippen molar-refractivity contribution < 1.29 is 24.2 Å². The Balaban J connectivity index is 1.58. The number of nitrogens with zero attached hydrogens (tertiary/aromatic N) is 1. The van der Waals surface area contributed by atoms with Crippen molar-refractivity contribution in [2.45, 2.75) is 38.1 Å². The molecule has 1 aliphatic rings. The predicted octanol–water partition coefficient (Wildman–Crippen LogP) is 3.46. The van der Waals surface area contributed by atoms with Gasteiger partial charge in [-0.1, -0.05) is 55.5 Å². The molecule has 3 N–H and O–H groups in total. The molecule has 2 atom stereocenters. The number of carbonyl (C=O) groups is 3. The Morgan fingerprint density at radius 2 is 1.60 bits per heavy atom. The second-order valence-electron chi connectivity index (χ2n) is 9.40. The molecule has 2 aromatic rings. The summed E-state index contributed by atoms with van der Waals surface area (Å²) >= 11 is 0. The van der Waals surface area contributed by atoms with E-state index in [1.54, 1.807) is 0 Å². The first-order valence-corrected chi connectivity index (χ1v) is 12.0. The summed E-state index contributed by atoms with van der Waals surface area (Å²) in [6.07, 6.45) is 0.313. The number of hydrogen-bond donors (Lipinski definition) is 3. The molecule has 188 valence electrons. The van der Waals surface area contributed by atoms with E-state index in [0.29, 0.717) is 25.9 Å². The van der Waals surface area contributed by atoms with Crippen LogP contribution in [0.5, 0.6) is 0 Å². The van der Waals surface area contributed by atoms with E-state index >= 15 is 0 Å². The molecule has 8 nitrogen and oxygen atoms in total. The first-order chi connectivity index (χ1) is 16.8. The van der Waals surface area contributed by atoms with Crippen molar-refractivity contribution in [1.82, 2.24) is 15.5 Å². The van der Waals surface area contributed by atoms with Gasteiger partial charge in [0.1, 0.15) is 12.6 Å². The molecule has 0 fully saturated rings. The predicted molar refractivity (Wildman–Crippen MR) is 134 cm³/mol. The SMILES string of the molecule is CC(CCC(=O)O)CNC(=O)C(CCN(C)C)NC(=O)OCC1c2ccccc2-c2ccccc21. The van der Waals surface area contributed by atoms with Crippen molar-refractivity contribution >= 4 is 18.0 Å². The number of aliphatic carboxylic acids is 1. The molecule has 0 saturated carbocycles. The van der Waals surface area contributed by atoms with Gasteiger partial charge >= 0.3 is 12.1 Å². The van der Waals surface area contributed by atoms with Crippen LogP contribution in [0.4, 0.5) is 4.79 Å². The van der Waals surface area contributed by atoms with Crippen LogP contribution in [-0.4, -0.2) is 67.8 Å². The number of fused-ring (bicyclic) bond motifs is 3. The van der Waals surface area contributed by atoms with Gasteiger partial charge in [-0.25, -0.2) is 4.79 Å². The minimum Gasteiger partial charge on any atom is -0.481 e. The fourth-order valence-corrected chi connectivity index (χ4v) is 4.31. The highest BCUT2D eigenvalue weighted by molar-refractivity contribution is 5.85. The fraction of sp³-hybridized carbons (Fsp3) is 0.444.